The quantitative estimate of drug-likeness (QED) is 0.591. The summed E-state index contributed by atoms with van der Waals surface area (Å²) in [4.78, 5) is 2.67. The van der Waals surface area contributed by atoms with Gasteiger partial charge in [0.05, 0.1) is 11.8 Å². The van der Waals surface area contributed by atoms with Crippen molar-refractivity contribution in [1.29, 1.82) is 0 Å². The van der Waals surface area contributed by atoms with Crippen molar-refractivity contribution in [3.63, 3.8) is 0 Å². The largest absolute Gasteiger partial charge is 0.411 e. The molecule has 0 spiro atoms. The molecule has 2 aliphatic carbocycles. The van der Waals surface area contributed by atoms with Crippen molar-refractivity contribution in [2.45, 2.75) is 64.0 Å². The summed E-state index contributed by atoms with van der Waals surface area (Å²) in [6.45, 7) is 3.51. The minimum Gasteiger partial charge on any atom is -0.411 e. The normalized spacial score (nSPS) is 44.6. The van der Waals surface area contributed by atoms with Crippen molar-refractivity contribution < 1.29 is 5.21 Å². The molecule has 0 aromatic rings. The highest BCUT2D eigenvalue weighted by Gasteiger charge is 2.49. The van der Waals surface area contributed by atoms with E-state index in [2.05, 4.69) is 17.0 Å². The van der Waals surface area contributed by atoms with Gasteiger partial charge in [0.1, 0.15) is 0 Å². The molecule has 3 rings (SSSR count). The zero-order valence-electron chi connectivity index (χ0n) is 10.8. The molecular weight excluding hydrogens is 212 g/mol. The lowest BCUT2D eigenvalue weighted by atomic mass is 9.88. The van der Waals surface area contributed by atoms with Crippen molar-refractivity contribution in [3.8, 4) is 0 Å². The highest BCUT2D eigenvalue weighted by molar-refractivity contribution is 5.94. The molecule has 96 valence electrons. The van der Waals surface area contributed by atoms with Crippen LogP contribution in [0.4, 0.5) is 0 Å². The molecule has 3 aliphatic rings. The van der Waals surface area contributed by atoms with Gasteiger partial charge in [-0.25, -0.2) is 0 Å². The Morgan fingerprint density at radius 3 is 2.94 bits per heavy atom. The fourth-order valence-electron chi connectivity index (χ4n) is 4.46. The number of rotatable bonds is 2. The summed E-state index contributed by atoms with van der Waals surface area (Å²) >= 11 is 0. The van der Waals surface area contributed by atoms with Gasteiger partial charge in [-0.2, -0.15) is 0 Å². The third-order valence-corrected chi connectivity index (χ3v) is 5.26. The van der Waals surface area contributed by atoms with Crippen LogP contribution in [0.3, 0.4) is 0 Å². The number of likely N-dealkylation sites (tertiary alicyclic amines) is 1. The molecule has 4 unspecified atom stereocenters. The second kappa shape index (κ2) is 4.60. The van der Waals surface area contributed by atoms with E-state index in [1.807, 2.05) is 0 Å². The predicted molar refractivity (Wildman–Crippen MR) is 68.5 cm³/mol. The molecule has 0 radical (unpaired) electrons. The van der Waals surface area contributed by atoms with Crippen LogP contribution in [0, 0.1) is 11.8 Å². The van der Waals surface area contributed by atoms with Crippen LogP contribution in [0.1, 0.15) is 51.9 Å². The molecule has 3 fully saturated rings. The van der Waals surface area contributed by atoms with E-state index in [4.69, 9.17) is 0 Å². The number of hydrogen-bond donors (Lipinski definition) is 1. The van der Waals surface area contributed by atoms with Gasteiger partial charge in [0.15, 0.2) is 0 Å². The maximum atomic E-state index is 9.31. The standard InChI is InChI=1S/C14H24N2O/c1-2-12-5-3-4-8-16(12)14-11-7-6-10(9-11)13(14)15-17/h10-12,14,17H,2-9H2,1H3/b15-13+. The van der Waals surface area contributed by atoms with Gasteiger partial charge in [-0.3, -0.25) is 4.90 Å². The zero-order valence-corrected chi connectivity index (χ0v) is 10.8. The first kappa shape index (κ1) is 11.5. The smallest absolute Gasteiger partial charge is 0.0775 e. The van der Waals surface area contributed by atoms with Crippen LogP contribution in [0.25, 0.3) is 0 Å². The van der Waals surface area contributed by atoms with Crippen LogP contribution in [0.15, 0.2) is 5.16 Å². The molecule has 0 aromatic carbocycles. The monoisotopic (exact) mass is 236 g/mol. The summed E-state index contributed by atoms with van der Waals surface area (Å²) in [5, 5.41) is 13.0. The number of piperidine rings is 1. The van der Waals surface area contributed by atoms with Crippen molar-refractivity contribution >= 4 is 5.71 Å². The highest BCUT2D eigenvalue weighted by Crippen LogP contribution is 2.46. The van der Waals surface area contributed by atoms with Gasteiger partial charge >= 0.3 is 0 Å². The Balaban J connectivity index is 1.82. The Kier molecular flexibility index (Phi) is 3.12. The van der Waals surface area contributed by atoms with E-state index in [1.54, 1.807) is 0 Å². The van der Waals surface area contributed by atoms with Crippen LogP contribution in [0.2, 0.25) is 0 Å². The van der Waals surface area contributed by atoms with E-state index in [9.17, 15) is 5.21 Å². The van der Waals surface area contributed by atoms with Crippen LogP contribution < -0.4 is 0 Å². The molecule has 3 nitrogen and oxygen atoms in total. The van der Waals surface area contributed by atoms with Gasteiger partial charge in [0.2, 0.25) is 0 Å². The number of oxime groups is 1. The molecule has 17 heavy (non-hydrogen) atoms. The SMILES string of the molecule is CCC1CCCCN1C1/C(=N/O)C2CCC1C2. The maximum Gasteiger partial charge on any atom is 0.0775 e. The summed E-state index contributed by atoms with van der Waals surface area (Å²) in [6.07, 6.45) is 9.16. The Morgan fingerprint density at radius 2 is 2.18 bits per heavy atom. The Hall–Kier alpha value is -0.570. The average Bonchev–Trinajstić information content (AvgIpc) is 2.98. The minimum absolute atomic E-state index is 0.476. The van der Waals surface area contributed by atoms with E-state index in [0.29, 0.717) is 12.0 Å². The molecule has 1 N–H and O–H groups in total. The first-order valence-corrected chi connectivity index (χ1v) is 7.32. The van der Waals surface area contributed by atoms with Crippen molar-refractivity contribution in [2.24, 2.45) is 17.0 Å². The van der Waals surface area contributed by atoms with Gasteiger partial charge in [-0.1, -0.05) is 18.5 Å². The molecular formula is C14H24N2O. The van der Waals surface area contributed by atoms with Crippen molar-refractivity contribution in [3.05, 3.63) is 0 Å². The molecule has 3 heteroatoms. The van der Waals surface area contributed by atoms with Gasteiger partial charge in [0.25, 0.3) is 0 Å². The second-order valence-corrected chi connectivity index (χ2v) is 6.04. The topological polar surface area (TPSA) is 35.8 Å². The number of fused-ring (bicyclic) bond motifs is 2. The maximum absolute atomic E-state index is 9.31. The van der Waals surface area contributed by atoms with E-state index in [1.165, 1.54) is 51.5 Å². The Labute approximate surface area is 104 Å². The molecule has 0 amide bonds. The molecule has 1 aliphatic heterocycles. The fourth-order valence-corrected chi connectivity index (χ4v) is 4.46. The van der Waals surface area contributed by atoms with Gasteiger partial charge in [-0.15, -0.1) is 0 Å². The van der Waals surface area contributed by atoms with Crippen LogP contribution >= 0.6 is 0 Å². The highest BCUT2D eigenvalue weighted by atomic mass is 16.4. The molecule has 2 bridgehead atoms. The van der Waals surface area contributed by atoms with Crippen molar-refractivity contribution in [2.75, 3.05) is 6.54 Å². The molecule has 2 saturated carbocycles. The van der Waals surface area contributed by atoms with Crippen molar-refractivity contribution in [1.82, 2.24) is 4.90 Å². The summed E-state index contributed by atoms with van der Waals surface area (Å²) in [6, 6.07) is 1.20. The van der Waals surface area contributed by atoms with Crippen LogP contribution in [-0.4, -0.2) is 34.4 Å². The summed E-state index contributed by atoms with van der Waals surface area (Å²) in [5.41, 5.74) is 1.11. The third kappa shape index (κ3) is 1.79. The van der Waals surface area contributed by atoms with Crippen LogP contribution in [-0.2, 0) is 0 Å². The number of nitrogens with zero attached hydrogens (tertiary/aromatic N) is 2. The first-order valence-electron chi connectivity index (χ1n) is 7.32. The summed E-state index contributed by atoms with van der Waals surface area (Å²) < 4.78 is 0. The summed E-state index contributed by atoms with van der Waals surface area (Å²) in [7, 11) is 0. The Morgan fingerprint density at radius 1 is 1.29 bits per heavy atom. The van der Waals surface area contributed by atoms with Crippen LogP contribution in [0.5, 0.6) is 0 Å². The molecule has 0 aromatic heterocycles. The fraction of sp³-hybridized carbons (Fsp3) is 0.929. The van der Waals surface area contributed by atoms with E-state index in [0.717, 1.165) is 17.7 Å². The predicted octanol–water partition coefficient (Wildman–Crippen LogP) is 2.88. The zero-order chi connectivity index (χ0) is 11.8. The summed E-state index contributed by atoms with van der Waals surface area (Å²) in [5.74, 6) is 1.37. The lowest BCUT2D eigenvalue weighted by Gasteiger charge is -2.42. The van der Waals surface area contributed by atoms with E-state index >= 15 is 0 Å². The first-order chi connectivity index (χ1) is 8.35. The lowest BCUT2D eigenvalue weighted by molar-refractivity contribution is 0.0954. The third-order valence-electron chi connectivity index (χ3n) is 5.26. The van der Waals surface area contributed by atoms with E-state index in [-0.39, 0.29) is 0 Å². The molecule has 1 heterocycles. The Bertz CT molecular complexity index is 315. The van der Waals surface area contributed by atoms with Gasteiger partial charge in [-0.05, 0) is 51.0 Å². The van der Waals surface area contributed by atoms with Gasteiger partial charge < -0.3 is 5.21 Å². The van der Waals surface area contributed by atoms with Gasteiger partial charge in [0, 0.05) is 12.0 Å². The molecule has 1 saturated heterocycles. The van der Waals surface area contributed by atoms with E-state index < -0.39 is 0 Å². The molecule has 4 atom stereocenters. The minimum atomic E-state index is 0.476. The second-order valence-electron chi connectivity index (χ2n) is 6.04. The lowest BCUT2D eigenvalue weighted by Crippen LogP contribution is -2.52. The number of hydrogen-bond acceptors (Lipinski definition) is 3. The average molecular weight is 236 g/mol.